The molecule has 0 saturated carbocycles. The van der Waals surface area contributed by atoms with Gasteiger partial charge in [0.1, 0.15) is 0 Å². The molecule has 13 heavy (non-hydrogen) atoms. The summed E-state index contributed by atoms with van der Waals surface area (Å²) in [5.74, 6) is 0. The number of rotatable bonds is 2. The Labute approximate surface area is 99.0 Å². The van der Waals surface area contributed by atoms with Gasteiger partial charge in [0.25, 0.3) is 0 Å². The normalized spacial score (nSPS) is 8.46. The van der Waals surface area contributed by atoms with Crippen LogP contribution in [0.1, 0.15) is 5.56 Å². The molecule has 1 aromatic rings. The molecule has 0 aliphatic heterocycles. The monoisotopic (exact) mass is 286 g/mol. The van der Waals surface area contributed by atoms with Gasteiger partial charge in [0, 0.05) is 10.2 Å². The molecule has 76 valence electrons. The first-order valence-corrected chi connectivity index (χ1v) is 4.27. The van der Waals surface area contributed by atoms with Crippen molar-refractivity contribution in [3.8, 4) is 0 Å². The van der Waals surface area contributed by atoms with Gasteiger partial charge in [-0.2, -0.15) is 0 Å². The summed E-state index contributed by atoms with van der Waals surface area (Å²) in [7, 11) is 0. The fourth-order valence-corrected chi connectivity index (χ4v) is 1.35. The Morgan fingerprint density at radius 1 is 1.23 bits per heavy atom. The molecule has 5 heteroatoms. The zero-order chi connectivity index (χ0) is 8.27. The summed E-state index contributed by atoms with van der Waals surface area (Å²) in [6.07, 6.45) is 0.839. The van der Waals surface area contributed by atoms with Gasteiger partial charge in [-0.05, 0) is 36.7 Å². The lowest BCUT2D eigenvalue weighted by atomic mass is 10.1. The molecule has 0 heterocycles. The average Bonchev–Trinajstić information content (AvgIpc) is 1.98. The van der Waals surface area contributed by atoms with Gasteiger partial charge in [0.15, 0.2) is 0 Å². The lowest BCUT2D eigenvalue weighted by Gasteiger charge is -2.03. The van der Waals surface area contributed by atoms with Crippen LogP contribution in [0, 0.1) is 0 Å². The van der Waals surface area contributed by atoms with Crippen molar-refractivity contribution in [2.75, 3.05) is 12.3 Å². The van der Waals surface area contributed by atoms with Crippen molar-refractivity contribution in [3.05, 3.63) is 28.2 Å². The van der Waals surface area contributed by atoms with E-state index >= 15 is 0 Å². The Morgan fingerprint density at radius 3 is 2.38 bits per heavy atom. The molecule has 2 nitrogen and oxygen atoms in total. The van der Waals surface area contributed by atoms with Crippen molar-refractivity contribution in [2.24, 2.45) is 5.73 Å². The summed E-state index contributed by atoms with van der Waals surface area (Å²) >= 11 is 3.37. The van der Waals surface area contributed by atoms with Crippen LogP contribution < -0.4 is 11.5 Å². The molecule has 0 fully saturated rings. The zero-order valence-corrected chi connectivity index (χ0v) is 10.2. The second-order valence-electron chi connectivity index (χ2n) is 2.38. The van der Waals surface area contributed by atoms with E-state index in [2.05, 4.69) is 15.9 Å². The van der Waals surface area contributed by atoms with Gasteiger partial charge in [-0.25, -0.2) is 0 Å². The van der Waals surface area contributed by atoms with Gasteiger partial charge in [0.05, 0.1) is 0 Å². The van der Waals surface area contributed by atoms with Crippen molar-refractivity contribution >= 4 is 46.4 Å². The predicted octanol–water partition coefficient (Wildman–Crippen LogP) is 2.38. The van der Waals surface area contributed by atoms with Crippen LogP contribution in [0.2, 0.25) is 0 Å². The standard InChI is InChI=1S/C8H11BrN2.2ClH/c9-7-1-2-8(11)6(5-7)3-4-10;;/h1-2,5H,3-4,10-11H2;2*1H. The number of anilines is 1. The molecular formula is C8H13BrCl2N2. The van der Waals surface area contributed by atoms with E-state index in [1.807, 2.05) is 18.2 Å². The fraction of sp³-hybridized carbons (Fsp3) is 0.250. The van der Waals surface area contributed by atoms with E-state index in [9.17, 15) is 0 Å². The highest BCUT2D eigenvalue weighted by molar-refractivity contribution is 9.10. The van der Waals surface area contributed by atoms with E-state index in [4.69, 9.17) is 11.5 Å². The first-order chi connectivity index (χ1) is 5.24. The molecule has 0 aliphatic rings. The molecule has 0 radical (unpaired) electrons. The summed E-state index contributed by atoms with van der Waals surface area (Å²) in [6, 6.07) is 5.81. The predicted molar refractivity (Wildman–Crippen MR) is 65.8 cm³/mol. The average molecular weight is 288 g/mol. The molecule has 0 aromatic heterocycles. The topological polar surface area (TPSA) is 52.0 Å². The Morgan fingerprint density at radius 2 is 1.85 bits per heavy atom. The molecule has 0 spiro atoms. The van der Waals surface area contributed by atoms with Crippen molar-refractivity contribution in [1.82, 2.24) is 0 Å². The molecule has 0 saturated heterocycles. The third-order valence-electron chi connectivity index (χ3n) is 1.52. The van der Waals surface area contributed by atoms with Crippen LogP contribution >= 0.6 is 40.7 Å². The molecule has 0 amide bonds. The number of halogens is 3. The minimum Gasteiger partial charge on any atom is -0.399 e. The molecule has 1 aromatic carbocycles. The van der Waals surface area contributed by atoms with E-state index in [0.717, 1.165) is 22.1 Å². The van der Waals surface area contributed by atoms with Crippen LogP contribution in [0.4, 0.5) is 5.69 Å². The molecule has 0 unspecified atom stereocenters. The van der Waals surface area contributed by atoms with Crippen LogP contribution in [0.3, 0.4) is 0 Å². The minimum atomic E-state index is 0. The van der Waals surface area contributed by atoms with E-state index < -0.39 is 0 Å². The fourth-order valence-electron chi connectivity index (χ4n) is 0.946. The summed E-state index contributed by atoms with van der Waals surface area (Å²) in [6.45, 7) is 0.640. The lowest BCUT2D eigenvalue weighted by Crippen LogP contribution is -2.04. The second-order valence-corrected chi connectivity index (χ2v) is 3.30. The molecule has 0 bridgehead atoms. The number of hydrogen-bond donors (Lipinski definition) is 2. The van der Waals surface area contributed by atoms with Crippen molar-refractivity contribution in [2.45, 2.75) is 6.42 Å². The molecule has 0 atom stereocenters. The number of nitrogen functional groups attached to an aromatic ring is 1. The Hall–Kier alpha value is 0.0400. The highest BCUT2D eigenvalue weighted by Crippen LogP contribution is 2.18. The second kappa shape index (κ2) is 7.44. The van der Waals surface area contributed by atoms with Gasteiger partial charge < -0.3 is 11.5 Å². The molecule has 4 N–H and O–H groups in total. The van der Waals surface area contributed by atoms with Crippen LogP contribution in [-0.2, 0) is 6.42 Å². The third kappa shape index (κ3) is 4.72. The summed E-state index contributed by atoms with van der Waals surface area (Å²) in [5.41, 5.74) is 13.0. The van der Waals surface area contributed by atoms with Crippen LogP contribution in [0.25, 0.3) is 0 Å². The summed E-state index contributed by atoms with van der Waals surface area (Å²) < 4.78 is 1.05. The Bertz CT molecular complexity index is 256. The maximum absolute atomic E-state index is 5.70. The Kier molecular flexibility index (Phi) is 8.88. The first kappa shape index (κ1) is 15.5. The summed E-state index contributed by atoms with van der Waals surface area (Å²) in [4.78, 5) is 0. The maximum Gasteiger partial charge on any atom is 0.0347 e. The van der Waals surface area contributed by atoms with E-state index in [1.165, 1.54) is 0 Å². The van der Waals surface area contributed by atoms with Crippen molar-refractivity contribution in [1.29, 1.82) is 0 Å². The van der Waals surface area contributed by atoms with Gasteiger partial charge in [0.2, 0.25) is 0 Å². The van der Waals surface area contributed by atoms with E-state index in [1.54, 1.807) is 0 Å². The first-order valence-electron chi connectivity index (χ1n) is 3.48. The number of benzene rings is 1. The van der Waals surface area contributed by atoms with E-state index in [-0.39, 0.29) is 24.8 Å². The SMILES string of the molecule is Cl.Cl.NCCc1cc(Br)ccc1N. The number of nitrogens with two attached hydrogens (primary N) is 2. The van der Waals surface area contributed by atoms with Gasteiger partial charge in [-0.3, -0.25) is 0 Å². The van der Waals surface area contributed by atoms with Crippen molar-refractivity contribution < 1.29 is 0 Å². The largest absolute Gasteiger partial charge is 0.399 e. The Balaban J connectivity index is 0. The van der Waals surface area contributed by atoms with Crippen LogP contribution in [-0.4, -0.2) is 6.54 Å². The quantitative estimate of drug-likeness (QED) is 0.821. The lowest BCUT2D eigenvalue weighted by molar-refractivity contribution is 0.970. The molecule has 1 rings (SSSR count). The van der Waals surface area contributed by atoms with Crippen LogP contribution in [0.5, 0.6) is 0 Å². The van der Waals surface area contributed by atoms with Gasteiger partial charge in [-0.1, -0.05) is 15.9 Å². The van der Waals surface area contributed by atoms with Gasteiger partial charge in [-0.15, -0.1) is 24.8 Å². The highest BCUT2D eigenvalue weighted by atomic mass is 79.9. The zero-order valence-electron chi connectivity index (χ0n) is 7.00. The molecular weight excluding hydrogens is 275 g/mol. The maximum atomic E-state index is 5.70. The summed E-state index contributed by atoms with van der Waals surface area (Å²) in [5, 5.41) is 0. The minimum absolute atomic E-state index is 0. The van der Waals surface area contributed by atoms with E-state index in [0.29, 0.717) is 6.54 Å². The third-order valence-corrected chi connectivity index (χ3v) is 2.01. The smallest absolute Gasteiger partial charge is 0.0347 e. The van der Waals surface area contributed by atoms with Gasteiger partial charge >= 0.3 is 0 Å². The highest BCUT2D eigenvalue weighted by Gasteiger charge is 1.97. The van der Waals surface area contributed by atoms with Crippen LogP contribution in [0.15, 0.2) is 22.7 Å². The number of hydrogen-bond acceptors (Lipinski definition) is 2. The molecule has 0 aliphatic carbocycles. The van der Waals surface area contributed by atoms with Crippen molar-refractivity contribution in [3.63, 3.8) is 0 Å².